The number of nitro benzene ring substituents is 1. The highest BCUT2D eigenvalue weighted by molar-refractivity contribution is 6.02. The van der Waals surface area contributed by atoms with E-state index in [1.54, 1.807) is 0 Å². The van der Waals surface area contributed by atoms with Crippen LogP contribution in [-0.4, -0.2) is 46.5 Å². The van der Waals surface area contributed by atoms with Gasteiger partial charge in [0.05, 0.1) is 12.0 Å². The number of rotatable bonds is 6. The van der Waals surface area contributed by atoms with E-state index in [9.17, 15) is 19.7 Å². The first kappa shape index (κ1) is 14.8. The number of carbonyl (C=O) groups is 2. The van der Waals surface area contributed by atoms with Crippen LogP contribution in [0, 0.1) is 10.1 Å². The molecule has 0 atom stereocenters. The quantitative estimate of drug-likeness (QED) is 0.625. The zero-order valence-corrected chi connectivity index (χ0v) is 11.3. The molecule has 1 N–H and O–H groups in total. The molecule has 1 amide bonds. The predicted octanol–water partition coefficient (Wildman–Crippen LogP) is 1.29. The molecule has 112 valence electrons. The van der Waals surface area contributed by atoms with Crippen LogP contribution < -0.4 is 4.74 Å². The first-order chi connectivity index (χ1) is 9.95. The summed E-state index contributed by atoms with van der Waals surface area (Å²) in [7, 11) is 1.30. The molecule has 0 spiro atoms. The summed E-state index contributed by atoms with van der Waals surface area (Å²) in [4.78, 5) is 35.0. The Morgan fingerprint density at radius 2 is 2.14 bits per heavy atom. The standard InChI is InChI=1S/C13H14N2O6/c1-21-10-4-2-3-9(15(19)20)12(10)13(18)14(7-11(16)17)8-5-6-8/h2-4,8H,5-7H2,1H3,(H,16,17). The molecule has 0 radical (unpaired) electrons. The largest absolute Gasteiger partial charge is 0.496 e. The van der Waals surface area contributed by atoms with Crippen LogP contribution in [0.1, 0.15) is 23.2 Å². The van der Waals surface area contributed by atoms with Crippen molar-refractivity contribution in [3.63, 3.8) is 0 Å². The molecular weight excluding hydrogens is 280 g/mol. The van der Waals surface area contributed by atoms with Crippen molar-refractivity contribution in [2.45, 2.75) is 18.9 Å². The molecule has 8 nitrogen and oxygen atoms in total. The van der Waals surface area contributed by atoms with Crippen molar-refractivity contribution in [2.75, 3.05) is 13.7 Å². The van der Waals surface area contributed by atoms with Gasteiger partial charge in [-0.05, 0) is 18.9 Å². The van der Waals surface area contributed by atoms with Crippen molar-refractivity contribution >= 4 is 17.6 Å². The summed E-state index contributed by atoms with van der Waals surface area (Å²) >= 11 is 0. The molecule has 1 aromatic carbocycles. The number of hydrogen-bond acceptors (Lipinski definition) is 5. The Hall–Kier alpha value is -2.64. The van der Waals surface area contributed by atoms with Crippen LogP contribution in [0.4, 0.5) is 5.69 Å². The molecule has 0 saturated heterocycles. The Labute approximate surface area is 120 Å². The molecule has 21 heavy (non-hydrogen) atoms. The number of carboxylic acids is 1. The number of carbonyl (C=O) groups excluding carboxylic acids is 1. The molecular formula is C13H14N2O6. The summed E-state index contributed by atoms with van der Waals surface area (Å²) < 4.78 is 5.01. The van der Waals surface area contributed by atoms with E-state index in [-0.39, 0.29) is 17.4 Å². The lowest BCUT2D eigenvalue weighted by Crippen LogP contribution is -2.37. The van der Waals surface area contributed by atoms with Crippen molar-refractivity contribution < 1.29 is 24.4 Å². The molecule has 0 bridgehead atoms. The lowest BCUT2D eigenvalue weighted by Gasteiger charge is -2.21. The molecule has 2 rings (SSSR count). The van der Waals surface area contributed by atoms with Gasteiger partial charge in [-0.3, -0.25) is 19.7 Å². The summed E-state index contributed by atoms with van der Waals surface area (Å²) in [5.74, 6) is -1.79. The summed E-state index contributed by atoms with van der Waals surface area (Å²) in [6.45, 7) is -0.487. The molecule has 0 unspecified atom stereocenters. The van der Waals surface area contributed by atoms with Gasteiger partial charge in [0, 0.05) is 12.1 Å². The van der Waals surface area contributed by atoms with E-state index in [0.29, 0.717) is 12.8 Å². The third-order valence-corrected chi connectivity index (χ3v) is 3.19. The number of hydrogen-bond donors (Lipinski definition) is 1. The summed E-state index contributed by atoms with van der Waals surface area (Å²) in [6.07, 6.45) is 1.39. The topological polar surface area (TPSA) is 110 Å². The van der Waals surface area contributed by atoms with Crippen molar-refractivity contribution in [2.24, 2.45) is 0 Å². The number of nitrogens with zero attached hydrogens (tertiary/aromatic N) is 2. The number of aliphatic carboxylic acids is 1. The van der Waals surface area contributed by atoms with Gasteiger partial charge in [-0.15, -0.1) is 0 Å². The average molecular weight is 294 g/mol. The van der Waals surface area contributed by atoms with Gasteiger partial charge in [0.25, 0.3) is 11.6 Å². The average Bonchev–Trinajstić information content (AvgIpc) is 3.27. The minimum absolute atomic E-state index is 0.0604. The minimum Gasteiger partial charge on any atom is -0.496 e. The van der Waals surface area contributed by atoms with E-state index in [4.69, 9.17) is 9.84 Å². The second-order valence-electron chi connectivity index (χ2n) is 4.67. The van der Waals surface area contributed by atoms with E-state index in [1.165, 1.54) is 25.3 Å². The summed E-state index contributed by atoms with van der Waals surface area (Å²) in [5.41, 5.74) is -0.603. The lowest BCUT2D eigenvalue weighted by molar-refractivity contribution is -0.385. The van der Waals surface area contributed by atoms with E-state index < -0.39 is 29.0 Å². The monoisotopic (exact) mass is 294 g/mol. The fourth-order valence-electron chi connectivity index (χ4n) is 2.10. The highest BCUT2D eigenvalue weighted by atomic mass is 16.6. The van der Waals surface area contributed by atoms with Crippen molar-refractivity contribution in [1.29, 1.82) is 0 Å². The summed E-state index contributed by atoms with van der Waals surface area (Å²) in [5, 5.41) is 20.0. The molecule has 0 aliphatic heterocycles. The van der Waals surface area contributed by atoms with Crippen LogP contribution in [0.2, 0.25) is 0 Å². The molecule has 0 heterocycles. The second kappa shape index (κ2) is 5.78. The van der Waals surface area contributed by atoms with Gasteiger partial charge < -0.3 is 14.7 Å². The minimum atomic E-state index is -1.16. The summed E-state index contributed by atoms with van der Waals surface area (Å²) in [6, 6.07) is 3.86. The van der Waals surface area contributed by atoms with Gasteiger partial charge in [-0.25, -0.2) is 0 Å². The molecule has 0 aromatic heterocycles. The maximum Gasteiger partial charge on any atom is 0.323 e. The molecule has 1 fully saturated rings. The SMILES string of the molecule is COc1cccc([N+](=O)[O-])c1C(=O)N(CC(=O)O)C1CC1. The van der Waals surface area contributed by atoms with Crippen molar-refractivity contribution in [3.8, 4) is 5.75 Å². The Balaban J connectivity index is 2.45. The second-order valence-corrected chi connectivity index (χ2v) is 4.67. The Kier molecular flexibility index (Phi) is 4.06. The first-order valence-corrected chi connectivity index (χ1v) is 6.30. The van der Waals surface area contributed by atoms with Crippen LogP contribution in [0.15, 0.2) is 18.2 Å². The fraction of sp³-hybridized carbons (Fsp3) is 0.385. The predicted molar refractivity (Wildman–Crippen MR) is 71.3 cm³/mol. The Morgan fingerprint density at radius 3 is 2.62 bits per heavy atom. The van der Waals surface area contributed by atoms with E-state index in [1.807, 2.05) is 0 Å². The number of nitro groups is 1. The smallest absolute Gasteiger partial charge is 0.323 e. The third kappa shape index (κ3) is 3.10. The normalized spacial score (nSPS) is 13.6. The van der Waals surface area contributed by atoms with Gasteiger partial charge >= 0.3 is 5.97 Å². The number of ether oxygens (including phenoxy) is 1. The number of amides is 1. The Morgan fingerprint density at radius 1 is 1.48 bits per heavy atom. The maximum atomic E-state index is 12.5. The van der Waals surface area contributed by atoms with Crippen LogP contribution in [0.5, 0.6) is 5.75 Å². The number of methoxy groups -OCH3 is 1. The Bertz CT molecular complexity index is 596. The number of carboxylic acid groups (broad SMARTS) is 1. The van der Waals surface area contributed by atoms with E-state index in [0.717, 1.165) is 4.90 Å². The highest BCUT2D eigenvalue weighted by Crippen LogP contribution is 2.34. The zero-order valence-electron chi connectivity index (χ0n) is 11.3. The third-order valence-electron chi connectivity index (χ3n) is 3.19. The van der Waals surface area contributed by atoms with E-state index >= 15 is 0 Å². The molecule has 1 aliphatic rings. The first-order valence-electron chi connectivity index (χ1n) is 6.30. The maximum absolute atomic E-state index is 12.5. The van der Waals surface area contributed by atoms with Crippen LogP contribution in [0.25, 0.3) is 0 Å². The van der Waals surface area contributed by atoms with Gasteiger partial charge in [-0.1, -0.05) is 6.07 Å². The van der Waals surface area contributed by atoms with Gasteiger partial charge in [0.15, 0.2) is 5.56 Å². The van der Waals surface area contributed by atoms with Gasteiger partial charge in [-0.2, -0.15) is 0 Å². The molecule has 1 saturated carbocycles. The van der Waals surface area contributed by atoms with Crippen LogP contribution in [-0.2, 0) is 4.79 Å². The lowest BCUT2D eigenvalue weighted by atomic mass is 10.1. The van der Waals surface area contributed by atoms with Crippen molar-refractivity contribution in [1.82, 2.24) is 4.90 Å². The van der Waals surface area contributed by atoms with Gasteiger partial charge in [0.2, 0.25) is 0 Å². The van der Waals surface area contributed by atoms with E-state index in [2.05, 4.69) is 0 Å². The van der Waals surface area contributed by atoms with Crippen LogP contribution in [0.3, 0.4) is 0 Å². The highest BCUT2D eigenvalue weighted by Gasteiger charge is 2.38. The van der Waals surface area contributed by atoms with Gasteiger partial charge in [0.1, 0.15) is 12.3 Å². The van der Waals surface area contributed by atoms with Crippen LogP contribution >= 0.6 is 0 Å². The molecule has 1 aliphatic carbocycles. The fourth-order valence-corrected chi connectivity index (χ4v) is 2.10. The van der Waals surface area contributed by atoms with Crippen molar-refractivity contribution in [3.05, 3.63) is 33.9 Å². The molecule has 1 aromatic rings. The number of benzene rings is 1. The zero-order chi connectivity index (χ0) is 15.6. The molecule has 8 heteroatoms.